The van der Waals surface area contributed by atoms with E-state index in [-0.39, 0.29) is 12.0 Å². The first-order chi connectivity index (χ1) is 11.3. The Morgan fingerprint density at radius 3 is 2.71 bits per heavy atom. The van der Waals surface area contributed by atoms with Crippen LogP contribution in [0.4, 0.5) is 9.80 Å². The fourth-order valence-electron chi connectivity index (χ4n) is 3.00. The highest BCUT2D eigenvalue weighted by Crippen LogP contribution is 2.31. The molecule has 2 amide bonds. The van der Waals surface area contributed by atoms with Gasteiger partial charge in [0.2, 0.25) is 0 Å². The van der Waals surface area contributed by atoms with Crippen molar-refractivity contribution in [2.24, 2.45) is 0 Å². The van der Waals surface area contributed by atoms with Crippen LogP contribution in [0.15, 0.2) is 6.07 Å². The van der Waals surface area contributed by atoms with E-state index in [1.807, 2.05) is 26.8 Å². The molecule has 1 saturated heterocycles. The number of anilines is 1. The van der Waals surface area contributed by atoms with E-state index in [1.165, 1.54) is 0 Å². The Kier molecular flexibility index (Phi) is 4.71. The van der Waals surface area contributed by atoms with Crippen molar-refractivity contribution in [2.45, 2.75) is 51.7 Å². The molecule has 2 aliphatic heterocycles. The summed E-state index contributed by atoms with van der Waals surface area (Å²) < 4.78 is 5.42. The van der Waals surface area contributed by atoms with Crippen molar-refractivity contribution in [1.29, 1.82) is 0 Å². The molecule has 1 aromatic rings. The van der Waals surface area contributed by atoms with E-state index in [9.17, 15) is 9.59 Å². The van der Waals surface area contributed by atoms with Gasteiger partial charge in [0, 0.05) is 37.0 Å². The van der Waals surface area contributed by atoms with Crippen LogP contribution in [0.3, 0.4) is 0 Å². The molecule has 0 aliphatic carbocycles. The first kappa shape index (κ1) is 17.1. The molecule has 0 radical (unpaired) electrons. The van der Waals surface area contributed by atoms with Crippen molar-refractivity contribution in [3.05, 3.63) is 16.5 Å². The fraction of sp³-hybridized carbons (Fsp3) is 0.647. The number of hydrogen-bond donors (Lipinski definition) is 2. The second-order valence-electron chi connectivity index (χ2n) is 7.34. The zero-order valence-corrected chi connectivity index (χ0v) is 15.3. The predicted octanol–water partition coefficient (Wildman–Crippen LogP) is 2.85. The molecule has 0 bridgehead atoms. The number of likely N-dealkylation sites (tertiary alicyclic amines) is 1. The average molecular weight is 351 g/mol. The fourth-order valence-corrected chi connectivity index (χ4v) is 4.13. The van der Waals surface area contributed by atoms with Gasteiger partial charge in [0.25, 0.3) is 5.91 Å². The van der Waals surface area contributed by atoms with Crippen LogP contribution in [0, 0.1) is 0 Å². The van der Waals surface area contributed by atoms with Crippen LogP contribution in [0.5, 0.6) is 0 Å². The first-order valence-electron chi connectivity index (χ1n) is 8.47. The van der Waals surface area contributed by atoms with Crippen molar-refractivity contribution in [1.82, 2.24) is 10.2 Å². The van der Waals surface area contributed by atoms with Crippen LogP contribution in [0.1, 0.15) is 48.8 Å². The summed E-state index contributed by atoms with van der Waals surface area (Å²) in [6.07, 6.45) is 2.44. The van der Waals surface area contributed by atoms with Gasteiger partial charge in [0.15, 0.2) is 0 Å². The van der Waals surface area contributed by atoms with E-state index in [2.05, 4.69) is 10.6 Å². The monoisotopic (exact) mass is 351 g/mol. The van der Waals surface area contributed by atoms with Gasteiger partial charge in [-0.15, -0.1) is 11.3 Å². The Morgan fingerprint density at radius 2 is 2.08 bits per heavy atom. The Bertz CT molecular complexity index is 628. The SMILES string of the molecule is CC(C)(C)OC(=O)N1CCC(Nc2cc3c(s2)CCNC3=O)CC1. The summed E-state index contributed by atoms with van der Waals surface area (Å²) in [7, 11) is 0. The lowest BCUT2D eigenvalue weighted by atomic mass is 10.1. The number of nitrogens with zero attached hydrogens (tertiary/aromatic N) is 1. The molecule has 0 spiro atoms. The number of piperidine rings is 1. The molecule has 2 aliphatic rings. The van der Waals surface area contributed by atoms with Gasteiger partial charge in [-0.1, -0.05) is 0 Å². The van der Waals surface area contributed by atoms with Crippen LogP contribution in [-0.4, -0.2) is 48.2 Å². The van der Waals surface area contributed by atoms with Gasteiger partial charge in [-0.2, -0.15) is 0 Å². The van der Waals surface area contributed by atoms with Crippen LogP contribution in [0.25, 0.3) is 0 Å². The molecule has 24 heavy (non-hydrogen) atoms. The van der Waals surface area contributed by atoms with Crippen molar-refractivity contribution < 1.29 is 14.3 Å². The Hall–Kier alpha value is -1.76. The lowest BCUT2D eigenvalue weighted by Crippen LogP contribution is -2.44. The minimum Gasteiger partial charge on any atom is -0.444 e. The standard InChI is InChI=1S/C17H25N3O3S/c1-17(2,3)23-16(22)20-8-5-11(6-9-20)19-14-10-12-13(24-14)4-7-18-15(12)21/h10-11,19H,4-9H2,1-3H3,(H,18,21). The molecule has 6 nitrogen and oxygen atoms in total. The zero-order valence-electron chi connectivity index (χ0n) is 14.5. The highest BCUT2D eigenvalue weighted by Gasteiger charge is 2.27. The van der Waals surface area contributed by atoms with Crippen LogP contribution < -0.4 is 10.6 Å². The van der Waals surface area contributed by atoms with Crippen LogP contribution in [0.2, 0.25) is 0 Å². The molecular weight excluding hydrogens is 326 g/mol. The summed E-state index contributed by atoms with van der Waals surface area (Å²) in [5, 5.41) is 7.45. The Labute approximate surface area is 146 Å². The maximum Gasteiger partial charge on any atom is 0.410 e. The van der Waals surface area contributed by atoms with Crippen molar-refractivity contribution in [2.75, 3.05) is 25.0 Å². The van der Waals surface area contributed by atoms with E-state index >= 15 is 0 Å². The quantitative estimate of drug-likeness (QED) is 0.859. The number of carbonyl (C=O) groups excluding carboxylic acids is 2. The molecule has 1 fully saturated rings. The molecule has 0 aromatic carbocycles. The predicted molar refractivity (Wildman–Crippen MR) is 94.8 cm³/mol. The third-order valence-electron chi connectivity index (χ3n) is 4.18. The van der Waals surface area contributed by atoms with Crippen molar-refractivity contribution in [3.8, 4) is 0 Å². The molecule has 7 heteroatoms. The van der Waals surface area contributed by atoms with E-state index < -0.39 is 5.60 Å². The van der Waals surface area contributed by atoms with Gasteiger partial charge in [-0.3, -0.25) is 4.79 Å². The molecule has 3 rings (SSSR count). The Morgan fingerprint density at radius 1 is 1.38 bits per heavy atom. The summed E-state index contributed by atoms with van der Waals surface area (Å²) in [5.74, 6) is 0.0281. The highest BCUT2D eigenvalue weighted by molar-refractivity contribution is 7.16. The van der Waals surface area contributed by atoms with Crippen molar-refractivity contribution >= 4 is 28.3 Å². The number of hydrogen-bond acceptors (Lipinski definition) is 5. The van der Waals surface area contributed by atoms with E-state index in [1.54, 1.807) is 16.2 Å². The van der Waals surface area contributed by atoms with Crippen molar-refractivity contribution in [3.63, 3.8) is 0 Å². The normalized spacial score (nSPS) is 18.8. The smallest absolute Gasteiger partial charge is 0.410 e. The van der Waals surface area contributed by atoms with Gasteiger partial charge in [0.05, 0.1) is 10.6 Å². The summed E-state index contributed by atoms with van der Waals surface area (Å²) in [6, 6.07) is 2.28. The summed E-state index contributed by atoms with van der Waals surface area (Å²) in [5.41, 5.74) is 0.350. The van der Waals surface area contributed by atoms with Gasteiger partial charge in [0.1, 0.15) is 5.60 Å². The van der Waals surface area contributed by atoms with Gasteiger partial charge in [-0.25, -0.2) is 4.79 Å². The molecule has 0 unspecified atom stereocenters. The maximum absolute atomic E-state index is 12.1. The first-order valence-corrected chi connectivity index (χ1v) is 9.29. The third kappa shape index (κ3) is 4.01. The summed E-state index contributed by atoms with van der Waals surface area (Å²) in [6.45, 7) is 7.76. The second-order valence-corrected chi connectivity index (χ2v) is 8.48. The summed E-state index contributed by atoms with van der Waals surface area (Å²) in [4.78, 5) is 26.9. The number of thiophene rings is 1. The van der Waals surface area contributed by atoms with Gasteiger partial charge < -0.3 is 20.3 Å². The lowest BCUT2D eigenvalue weighted by molar-refractivity contribution is 0.0210. The van der Waals surface area contributed by atoms with Gasteiger partial charge >= 0.3 is 6.09 Å². The number of rotatable bonds is 2. The average Bonchev–Trinajstić information content (AvgIpc) is 2.90. The second kappa shape index (κ2) is 6.63. The molecule has 132 valence electrons. The zero-order chi connectivity index (χ0) is 17.3. The highest BCUT2D eigenvalue weighted by atomic mass is 32.1. The molecule has 3 heterocycles. The minimum atomic E-state index is -0.456. The maximum atomic E-state index is 12.1. The number of ether oxygens (including phenoxy) is 1. The molecule has 0 atom stereocenters. The topological polar surface area (TPSA) is 70.7 Å². The lowest BCUT2D eigenvalue weighted by Gasteiger charge is -2.33. The van der Waals surface area contributed by atoms with Gasteiger partial charge in [-0.05, 0) is 39.7 Å². The van der Waals surface area contributed by atoms with E-state index in [4.69, 9.17) is 4.74 Å². The third-order valence-corrected chi connectivity index (χ3v) is 5.31. The Balaban J connectivity index is 1.53. The molecule has 0 saturated carbocycles. The number of carbonyl (C=O) groups is 2. The van der Waals surface area contributed by atoms with Crippen LogP contribution >= 0.6 is 11.3 Å². The number of nitrogens with one attached hydrogen (secondary N) is 2. The minimum absolute atomic E-state index is 0.0281. The van der Waals surface area contributed by atoms with E-state index in [0.717, 1.165) is 41.2 Å². The summed E-state index contributed by atoms with van der Waals surface area (Å²) >= 11 is 1.67. The van der Waals surface area contributed by atoms with Crippen LogP contribution in [-0.2, 0) is 11.2 Å². The largest absolute Gasteiger partial charge is 0.444 e. The molecule has 1 aromatic heterocycles. The number of fused-ring (bicyclic) bond motifs is 1. The van der Waals surface area contributed by atoms with E-state index in [0.29, 0.717) is 19.1 Å². The molecule has 2 N–H and O–H groups in total. The molecular formula is C17H25N3O3S. The number of amides is 2.